The fourth-order valence-electron chi connectivity index (χ4n) is 11.1. The van der Waals surface area contributed by atoms with Gasteiger partial charge in [-0.3, -0.25) is 0 Å². The van der Waals surface area contributed by atoms with Crippen molar-refractivity contribution < 1.29 is 4.42 Å². The van der Waals surface area contributed by atoms with E-state index in [2.05, 4.69) is 270 Å². The predicted octanol–water partition coefficient (Wildman–Crippen LogP) is 19.1. The van der Waals surface area contributed by atoms with Gasteiger partial charge in [0.05, 0.1) is 16.7 Å². The van der Waals surface area contributed by atoms with Gasteiger partial charge in [0.1, 0.15) is 11.2 Å². The summed E-state index contributed by atoms with van der Waals surface area (Å²) < 4.78 is 8.84. The van der Waals surface area contributed by atoms with Gasteiger partial charge in [-0.2, -0.15) is 0 Å². The topological polar surface area (TPSA) is 21.3 Å². The Bertz CT molecular complexity index is 4160. The van der Waals surface area contributed by atoms with Gasteiger partial charge in [-0.1, -0.05) is 194 Å². The molecular formula is C68H44N2O. The highest BCUT2D eigenvalue weighted by Crippen LogP contribution is 2.46. The molecule has 3 heteroatoms. The molecule has 2 aromatic heterocycles. The maximum atomic E-state index is 6.40. The van der Waals surface area contributed by atoms with E-state index in [-0.39, 0.29) is 0 Å². The minimum Gasteiger partial charge on any atom is -0.456 e. The zero-order valence-corrected chi connectivity index (χ0v) is 38.7. The molecule has 0 spiro atoms. The van der Waals surface area contributed by atoms with Crippen LogP contribution in [0.2, 0.25) is 0 Å². The smallest absolute Gasteiger partial charge is 0.135 e. The monoisotopic (exact) mass is 904 g/mol. The number of rotatable bonds is 8. The van der Waals surface area contributed by atoms with Crippen LogP contribution in [0.3, 0.4) is 0 Å². The molecule has 0 fully saturated rings. The zero-order chi connectivity index (χ0) is 46.8. The van der Waals surface area contributed by atoms with E-state index in [1.165, 1.54) is 65.6 Å². The van der Waals surface area contributed by atoms with Crippen LogP contribution >= 0.6 is 0 Å². The van der Waals surface area contributed by atoms with Crippen LogP contribution in [0.1, 0.15) is 0 Å². The highest BCUT2D eigenvalue weighted by molar-refractivity contribution is 6.11. The molecule has 2 heterocycles. The van der Waals surface area contributed by atoms with E-state index in [9.17, 15) is 0 Å². The molecule has 332 valence electrons. The third-order valence-electron chi connectivity index (χ3n) is 14.4. The molecule has 0 saturated heterocycles. The quantitative estimate of drug-likeness (QED) is 0.151. The standard InChI is InChI=1S/C68H44N2O/c1-3-19-53-45(15-1)17-13-25-55(53)47-31-36-50(37-32-47)69(51-38-33-48(34-39-51)56-26-14-18-46-16-2-4-20-54(46)56)52-40-41-57(62(44-52)49-35-42-68-63(43-49)61-24-8-12-30-67(61)71-68)58-21-5-9-27-64(58)70-65-28-10-6-22-59(65)60-23-7-11-29-66(60)70/h1-44H. The number of furan rings is 1. The van der Waals surface area contributed by atoms with Crippen molar-refractivity contribution in [2.45, 2.75) is 0 Å². The Labute approximate surface area is 411 Å². The molecule has 3 nitrogen and oxygen atoms in total. The number of hydrogen-bond acceptors (Lipinski definition) is 2. The molecule has 0 radical (unpaired) electrons. The van der Waals surface area contributed by atoms with E-state index in [1.807, 2.05) is 6.07 Å². The normalized spacial score (nSPS) is 11.7. The van der Waals surface area contributed by atoms with E-state index in [4.69, 9.17) is 4.42 Å². The average Bonchev–Trinajstić information content (AvgIpc) is 3.99. The number of nitrogens with zero attached hydrogens (tertiary/aromatic N) is 2. The Morgan fingerprint density at radius 1 is 0.268 bits per heavy atom. The summed E-state index contributed by atoms with van der Waals surface area (Å²) in [6, 6.07) is 96.9. The summed E-state index contributed by atoms with van der Waals surface area (Å²) in [5.74, 6) is 0. The summed E-state index contributed by atoms with van der Waals surface area (Å²) in [5, 5.41) is 9.62. The molecule has 0 N–H and O–H groups in total. The van der Waals surface area contributed by atoms with Gasteiger partial charge in [-0.15, -0.1) is 0 Å². The molecule has 12 aromatic carbocycles. The summed E-state index contributed by atoms with van der Waals surface area (Å²) in [6.45, 7) is 0. The van der Waals surface area contributed by atoms with Gasteiger partial charge in [0, 0.05) is 44.2 Å². The molecule has 0 bridgehead atoms. The lowest BCUT2D eigenvalue weighted by molar-refractivity contribution is 0.669. The lowest BCUT2D eigenvalue weighted by Crippen LogP contribution is -2.10. The number of fused-ring (bicyclic) bond motifs is 8. The third kappa shape index (κ3) is 6.82. The van der Waals surface area contributed by atoms with E-state index in [0.29, 0.717) is 0 Å². The fourth-order valence-corrected chi connectivity index (χ4v) is 11.1. The Morgan fingerprint density at radius 2 is 0.732 bits per heavy atom. The molecule has 14 rings (SSSR count). The summed E-state index contributed by atoms with van der Waals surface area (Å²) in [7, 11) is 0. The second kappa shape index (κ2) is 16.7. The van der Waals surface area contributed by atoms with E-state index in [0.717, 1.165) is 66.9 Å². The molecule has 71 heavy (non-hydrogen) atoms. The SMILES string of the molecule is c1ccc(-n2c3ccccc3c3ccccc32)c(-c2ccc(N(c3ccc(-c4cccc5ccccc45)cc3)c3ccc(-c4cccc5ccccc45)cc3)cc2-c2ccc3oc4ccccc4c3c2)c1. The number of aromatic nitrogens is 1. The molecule has 0 aliphatic carbocycles. The maximum Gasteiger partial charge on any atom is 0.135 e. The largest absolute Gasteiger partial charge is 0.456 e. The Balaban J connectivity index is 0.985. The summed E-state index contributed by atoms with van der Waals surface area (Å²) in [5.41, 5.74) is 17.7. The molecule has 0 aliphatic rings. The lowest BCUT2D eigenvalue weighted by atomic mass is 9.91. The molecule has 14 aromatic rings. The zero-order valence-electron chi connectivity index (χ0n) is 38.7. The van der Waals surface area contributed by atoms with Crippen LogP contribution in [0.4, 0.5) is 17.1 Å². The maximum absolute atomic E-state index is 6.40. The van der Waals surface area contributed by atoms with Crippen molar-refractivity contribution >= 4 is 82.4 Å². The summed E-state index contributed by atoms with van der Waals surface area (Å²) in [4.78, 5) is 2.40. The Morgan fingerprint density at radius 3 is 1.37 bits per heavy atom. The van der Waals surface area contributed by atoms with Gasteiger partial charge >= 0.3 is 0 Å². The van der Waals surface area contributed by atoms with E-state index >= 15 is 0 Å². The number of benzene rings is 12. The van der Waals surface area contributed by atoms with Crippen LogP contribution < -0.4 is 4.90 Å². The fraction of sp³-hybridized carbons (Fsp3) is 0. The van der Waals surface area contributed by atoms with Crippen molar-refractivity contribution in [1.82, 2.24) is 4.57 Å². The van der Waals surface area contributed by atoms with Crippen LogP contribution in [0.25, 0.3) is 115 Å². The second-order valence-electron chi connectivity index (χ2n) is 18.4. The first-order valence-corrected chi connectivity index (χ1v) is 24.3. The Kier molecular flexibility index (Phi) is 9.53. The van der Waals surface area contributed by atoms with Crippen LogP contribution in [-0.4, -0.2) is 4.57 Å². The van der Waals surface area contributed by atoms with Crippen molar-refractivity contribution in [3.63, 3.8) is 0 Å². The van der Waals surface area contributed by atoms with Crippen molar-refractivity contribution in [2.24, 2.45) is 0 Å². The minimum absolute atomic E-state index is 0.873. The number of anilines is 3. The van der Waals surface area contributed by atoms with Crippen LogP contribution in [0.15, 0.2) is 271 Å². The molecule has 0 atom stereocenters. The van der Waals surface area contributed by atoms with Gasteiger partial charge in [-0.25, -0.2) is 0 Å². The van der Waals surface area contributed by atoms with Gasteiger partial charge in [0.25, 0.3) is 0 Å². The van der Waals surface area contributed by atoms with Crippen LogP contribution in [-0.2, 0) is 0 Å². The number of hydrogen-bond donors (Lipinski definition) is 0. The Hall–Kier alpha value is -9.44. The predicted molar refractivity (Wildman–Crippen MR) is 299 cm³/mol. The van der Waals surface area contributed by atoms with Crippen molar-refractivity contribution in [3.8, 4) is 50.2 Å². The lowest BCUT2D eigenvalue weighted by Gasteiger charge is -2.27. The van der Waals surface area contributed by atoms with Crippen molar-refractivity contribution in [3.05, 3.63) is 267 Å². The summed E-state index contributed by atoms with van der Waals surface area (Å²) >= 11 is 0. The van der Waals surface area contributed by atoms with E-state index in [1.54, 1.807) is 0 Å². The third-order valence-corrected chi connectivity index (χ3v) is 14.4. The van der Waals surface area contributed by atoms with Crippen molar-refractivity contribution in [2.75, 3.05) is 4.90 Å². The first-order chi connectivity index (χ1) is 35.2. The molecular weight excluding hydrogens is 861 g/mol. The van der Waals surface area contributed by atoms with Gasteiger partial charge in [-0.05, 0) is 133 Å². The molecule has 0 amide bonds. The molecule has 0 unspecified atom stereocenters. The summed E-state index contributed by atoms with van der Waals surface area (Å²) in [6.07, 6.45) is 0. The molecule has 0 aliphatic heterocycles. The van der Waals surface area contributed by atoms with Crippen molar-refractivity contribution in [1.29, 1.82) is 0 Å². The number of para-hydroxylation sites is 4. The van der Waals surface area contributed by atoms with Crippen LogP contribution in [0, 0.1) is 0 Å². The van der Waals surface area contributed by atoms with Gasteiger partial charge < -0.3 is 13.9 Å². The molecule has 0 saturated carbocycles. The minimum atomic E-state index is 0.873. The average molecular weight is 905 g/mol. The first-order valence-electron chi connectivity index (χ1n) is 24.3. The van der Waals surface area contributed by atoms with Gasteiger partial charge in [0.2, 0.25) is 0 Å². The van der Waals surface area contributed by atoms with Crippen LogP contribution in [0.5, 0.6) is 0 Å². The van der Waals surface area contributed by atoms with E-state index < -0.39 is 0 Å². The first kappa shape index (κ1) is 40.6. The highest BCUT2D eigenvalue weighted by atomic mass is 16.3. The highest BCUT2D eigenvalue weighted by Gasteiger charge is 2.22. The second-order valence-corrected chi connectivity index (χ2v) is 18.4. The van der Waals surface area contributed by atoms with Gasteiger partial charge in [0.15, 0.2) is 0 Å².